The number of nitrogens with zero attached hydrogens (tertiary/aromatic N) is 2. The lowest BCUT2D eigenvalue weighted by atomic mass is 9.70. The molecule has 2 aromatic rings. The Morgan fingerprint density at radius 2 is 1.64 bits per heavy atom. The van der Waals surface area contributed by atoms with Gasteiger partial charge < -0.3 is 0 Å². The fraction of sp³-hybridized carbons (Fsp3) is 0.455. The van der Waals surface area contributed by atoms with Crippen LogP contribution in [0.4, 0.5) is 0 Å². The molecule has 3 heteroatoms. The summed E-state index contributed by atoms with van der Waals surface area (Å²) in [4.78, 5) is 9.41. The molecule has 0 aliphatic heterocycles. The van der Waals surface area contributed by atoms with E-state index in [9.17, 15) is 0 Å². The summed E-state index contributed by atoms with van der Waals surface area (Å²) in [6.07, 6.45) is 16.7. The van der Waals surface area contributed by atoms with Crippen LogP contribution >= 0.6 is 11.8 Å². The van der Waals surface area contributed by atoms with Crippen molar-refractivity contribution in [2.45, 2.75) is 49.5 Å². The molecule has 1 spiro atoms. The molecule has 0 radical (unpaired) electrons. The van der Waals surface area contributed by atoms with Gasteiger partial charge in [-0.05, 0) is 54.9 Å². The lowest BCUT2D eigenvalue weighted by Gasteiger charge is -2.34. The quantitative estimate of drug-likeness (QED) is 0.784. The van der Waals surface area contributed by atoms with E-state index < -0.39 is 0 Å². The van der Waals surface area contributed by atoms with E-state index in [4.69, 9.17) is 4.98 Å². The minimum atomic E-state index is 0.285. The standard InChI is InChI=1S/C22H24N2S/c1-2-4-19-12-22(11-18(19)3-1)9-7-17(8-10-22)20-13-24-21(14-23-20)25-15-16-5-6-16/h1-4,11-14,16-17H,5-10,15H2. The molecule has 0 unspecified atom stereocenters. The Hall–Kier alpha value is -1.61. The highest BCUT2D eigenvalue weighted by Gasteiger charge is 2.34. The third-order valence-electron chi connectivity index (χ3n) is 6.03. The van der Waals surface area contributed by atoms with Gasteiger partial charge in [0, 0.05) is 23.3 Å². The Kier molecular flexibility index (Phi) is 3.93. The average Bonchev–Trinajstić information content (AvgIpc) is 3.41. The molecule has 25 heavy (non-hydrogen) atoms. The molecule has 128 valence electrons. The minimum absolute atomic E-state index is 0.285. The van der Waals surface area contributed by atoms with E-state index >= 15 is 0 Å². The first kappa shape index (κ1) is 15.6. The maximum absolute atomic E-state index is 4.75. The van der Waals surface area contributed by atoms with Crippen LogP contribution in [-0.4, -0.2) is 15.7 Å². The fourth-order valence-corrected chi connectivity index (χ4v) is 5.27. The van der Waals surface area contributed by atoms with Crippen LogP contribution in [0.2, 0.25) is 0 Å². The van der Waals surface area contributed by atoms with Gasteiger partial charge in [0.1, 0.15) is 5.03 Å². The first-order chi connectivity index (χ1) is 12.3. The molecule has 3 aliphatic carbocycles. The highest BCUT2D eigenvalue weighted by Crippen LogP contribution is 2.45. The van der Waals surface area contributed by atoms with Gasteiger partial charge in [0.05, 0.1) is 11.9 Å². The Morgan fingerprint density at radius 1 is 0.920 bits per heavy atom. The van der Waals surface area contributed by atoms with Gasteiger partial charge in [-0.1, -0.05) is 36.4 Å². The summed E-state index contributed by atoms with van der Waals surface area (Å²) in [5, 5.41) is 3.92. The van der Waals surface area contributed by atoms with Gasteiger partial charge in [0.2, 0.25) is 0 Å². The molecule has 5 rings (SSSR count). The highest BCUT2D eigenvalue weighted by atomic mass is 32.2. The molecule has 0 amide bonds. The van der Waals surface area contributed by atoms with Crippen LogP contribution in [-0.2, 0) is 0 Å². The zero-order chi connectivity index (χ0) is 16.7. The number of hydrogen-bond acceptors (Lipinski definition) is 3. The molecule has 0 N–H and O–H groups in total. The number of fused-ring (bicyclic) bond motifs is 1. The molecule has 0 bridgehead atoms. The first-order valence-corrected chi connectivity index (χ1v) is 10.5. The van der Waals surface area contributed by atoms with Crippen LogP contribution in [0.25, 0.3) is 12.2 Å². The van der Waals surface area contributed by atoms with E-state index in [0.717, 1.165) is 10.9 Å². The van der Waals surface area contributed by atoms with E-state index in [1.165, 1.54) is 60.4 Å². The van der Waals surface area contributed by atoms with E-state index in [1.54, 1.807) is 0 Å². The van der Waals surface area contributed by atoms with Crippen molar-refractivity contribution in [1.29, 1.82) is 0 Å². The summed E-state index contributed by atoms with van der Waals surface area (Å²) in [7, 11) is 0. The summed E-state index contributed by atoms with van der Waals surface area (Å²) in [6, 6.07) is 8.78. The molecular weight excluding hydrogens is 324 g/mol. The van der Waals surface area contributed by atoms with Crippen LogP contribution < -0.4 is 10.4 Å². The second kappa shape index (κ2) is 6.28. The van der Waals surface area contributed by atoms with Crippen LogP contribution in [0, 0.1) is 11.3 Å². The first-order valence-electron chi connectivity index (χ1n) is 9.55. The Morgan fingerprint density at radius 3 is 2.24 bits per heavy atom. The van der Waals surface area contributed by atoms with Crippen molar-refractivity contribution in [3.63, 3.8) is 0 Å². The maximum atomic E-state index is 4.75. The van der Waals surface area contributed by atoms with Crippen LogP contribution in [0.3, 0.4) is 0 Å². The third-order valence-corrected chi connectivity index (χ3v) is 7.17. The van der Waals surface area contributed by atoms with Crippen LogP contribution in [0.1, 0.15) is 50.1 Å². The minimum Gasteiger partial charge on any atom is -0.257 e. The Labute approximate surface area is 153 Å². The molecule has 2 nitrogen and oxygen atoms in total. The van der Waals surface area contributed by atoms with Crippen LogP contribution in [0.5, 0.6) is 0 Å². The van der Waals surface area contributed by atoms with Gasteiger partial charge in [0.25, 0.3) is 0 Å². The number of benzene rings is 1. The maximum Gasteiger partial charge on any atom is 0.114 e. The highest BCUT2D eigenvalue weighted by molar-refractivity contribution is 7.99. The van der Waals surface area contributed by atoms with Crippen molar-refractivity contribution in [2.75, 3.05) is 5.75 Å². The van der Waals surface area contributed by atoms with Gasteiger partial charge in [-0.2, -0.15) is 0 Å². The van der Waals surface area contributed by atoms with Crippen molar-refractivity contribution in [2.24, 2.45) is 11.3 Å². The van der Waals surface area contributed by atoms with Crippen molar-refractivity contribution in [1.82, 2.24) is 9.97 Å². The summed E-state index contributed by atoms with van der Waals surface area (Å²) >= 11 is 1.87. The number of aromatic nitrogens is 2. The molecule has 2 fully saturated rings. The van der Waals surface area contributed by atoms with Gasteiger partial charge >= 0.3 is 0 Å². The molecule has 2 saturated carbocycles. The summed E-state index contributed by atoms with van der Waals surface area (Å²) in [5.41, 5.74) is 1.48. The van der Waals surface area contributed by atoms with E-state index in [2.05, 4.69) is 41.4 Å². The van der Waals surface area contributed by atoms with Gasteiger partial charge in [-0.15, -0.1) is 11.8 Å². The predicted octanol–water partition coefficient (Wildman–Crippen LogP) is 3.90. The molecule has 1 heterocycles. The Bertz CT molecular complexity index is 838. The zero-order valence-electron chi connectivity index (χ0n) is 14.5. The molecule has 0 atom stereocenters. The second-order valence-electron chi connectivity index (χ2n) is 7.96. The molecule has 0 saturated heterocycles. The number of thioether (sulfide) groups is 1. The van der Waals surface area contributed by atoms with Crippen molar-refractivity contribution < 1.29 is 0 Å². The number of rotatable bonds is 4. The SMILES string of the molecule is C1=c2ccccc2=CC12CCC(c1cnc(SCC3CC3)cn1)CC2. The Balaban J connectivity index is 1.25. The topological polar surface area (TPSA) is 25.8 Å². The molecular formula is C22H24N2S. The summed E-state index contributed by atoms with van der Waals surface area (Å²) in [5.74, 6) is 2.72. The van der Waals surface area contributed by atoms with Crippen molar-refractivity contribution in [3.05, 3.63) is 52.8 Å². The fourth-order valence-electron chi connectivity index (χ4n) is 4.27. The smallest absolute Gasteiger partial charge is 0.114 e. The van der Waals surface area contributed by atoms with E-state index in [1.807, 2.05) is 24.2 Å². The lowest BCUT2D eigenvalue weighted by molar-refractivity contribution is 0.329. The largest absolute Gasteiger partial charge is 0.257 e. The lowest BCUT2D eigenvalue weighted by Crippen LogP contribution is -2.22. The normalized spacial score (nSPS) is 21.6. The van der Waals surface area contributed by atoms with Crippen molar-refractivity contribution in [3.8, 4) is 0 Å². The molecule has 3 aliphatic rings. The zero-order valence-corrected chi connectivity index (χ0v) is 15.3. The summed E-state index contributed by atoms with van der Waals surface area (Å²) in [6.45, 7) is 0. The van der Waals surface area contributed by atoms with Crippen LogP contribution in [0.15, 0.2) is 41.7 Å². The van der Waals surface area contributed by atoms with Gasteiger partial charge in [0.15, 0.2) is 0 Å². The third kappa shape index (κ3) is 3.27. The molecule has 1 aromatic carbocycles. The summed E-state index contributed by atoms with van der Waals surface area (Å²) < 4.78 is 0. The second-order valence-corrected chi connectivity index (χ2v) is 9.00. The average molecular weight is 349 g/mol. The van der Waals surface area contributed by atoms with Gasteiger partial charge in [-0.3, -0.25) is 4.98 Å². The van der Waals surface area contributed by atoms with Gasteiger partial charge in [-0.25, -0.2) is 4.98 Å². The predicted molar refractivity (Wildman–Crippen MR) is 104 cm³/mol. The van der Waals surface area contributed by atoms with E-state index in [-0.39, 0.29) is 5.41 Å². The number of hydrogen-bond donors (Lipinski definition) is 0. The monoisotopic (exact) mass is 348 g/mol. The van der Waals surface area contributed by atoms with Crippen molar-refractivity contribution >= 4 is 23.9 Å². The molecule has 1 aromatic heterocycles. The van der Waals surface area contributed by atoms with E-state index in [0.29, 0.717) is 5.92 Å².